The quantitative estimate of drug-likeness (QED) is 0.770. The topological polar surface area (TPSA) is 45.8 Å². The van der Waals surface area contributed by atoms with Gasteiger partial charge in [0.1, 0.15) is 12.4 Å². The van der Waals surface area contributed by atoms with Crippen LogP contribution in [-0.4, -0.2) is 35.3 Å². The Morgan fingerprint density at radius 1 is 1.22 bits per heavy atom. The Hall–Kier alpha value is -1.62. The summed E-state index contributed by atoms with van der Waals surface area (Å²) in [5.41, 5.74) is 2.52. The van der Waals surface area contributed by atoms with E-state index in [0.717, 1.165) is 12.3 Å². The van der Waals surface area contributed by atoms with Crippen molar-refractivity contribution < 1.29 is 14.3 Å². The zero-order valence-electron chi connectivity index (χ0n) is 14.2. The van der Waals surface area contributed by atoms with Gasteiger partial charge in [-0.3, -0.25) is 4.90 Å². The van der Waals surface area contributed by atoms with Crippen LogP contribution in [0, 0.1) is 6.92 Å². The molecule has 2 aromatic rings. The molecule has 0 fully saturated rings. The number of hydrogen-bond donors (Lipinski definition) is 1. The standard InChI is InChI=1S/C19H27NO3/c1-15(2)20(11-17-7-4-6-16(3)10-17)12-18(21)13-22-14-19-8-5-9-23-19/h4-10,15,18,21H,11-14H2,1-3H3. The molecule has 1 unspecified atom stereocenters. The highest BCUT2D eigenvalue weighted by Crippen LogP contribution is 2.11. The Kier molecular flexibility index (Phi) is 6.84. The number of nitrogens with zero attached hydrogens (tertiary/aromatic N) is 1. The summed E-state index contributed by atoms with van der Waals surface area (Å²) < 4.78 is 10.7. The van der Waals surface area contributed by atoms with Crippen LogP contribution in [0.3, 0.4) is 0 Å². The molecule has 0 bridgehead atoms. The Bertz CT molecular complexity index is 566. The number of benzene rings is 1. The Balaban J connectivity index is 1.81. The lowest BCUT2D eigenvalue weighted by molar-refractivity contribution is -0.00116. The zero-order valence-corrected chi connectivity index (χ0v) is 14.2. The lowest BCUT2D eigenvalue weighted by Gasteiger charge is -2.28. The number of furan rings is 1. The summed E-state index contributed by atoms with van der Waals surface area (Å²) in [7, 11) is 0. The third-order valence-corrected chi connectivity index (χ3v) is 3.78. The van der Waals surface area contributed by atoms with Gasteiger partial charge in [0.25, 0.3) is 0 Å². The fourth-order valence-corrected chi connectivity index (χ4v) is 2.52. The lowest BCUT2D eigenvalue weighted by atomic mass is 10.1. The van der Waals surface area contributed by atoms with Crippen molar-refractivity contribution in [1.82, 2.24) is 4.90 Å². The zero-order chi connectivity index (χ0) is 16.7. The molecule has 0 amide bonds. The van der Waals surface area contributed by atoms with Crippen LogP contribution in [-0.2, 0) is 17.9 Å². The van der Waals surface area contributed by atoms with E-state index in [4.69, 9.17) is 9.15 Å². The van der Waals surface area contributed by atoms with Crippen molar-refractivity contribution in [2.75, 3.05) is 13.2 Å². The van der Waals surface area contributed by atoms with Crippen LogP contribution < -0.4 is 0 Å². The molecule has 1 atom stereocenters. The van der Waals surface area contributed by atoms with Crippen LogP contribution in [0.1, 0.15) is 30.7 Å². The largest absolute Gasteiger partial charge is 0.467 e. The molecule has 4 heteroatoms. The van der Waals surface area contributed by atoms with Gasteiger partial charge in [-0.05, 0) is 38.5 Å². The van der Waals surface area contributed by atoms with E-state index in [1.807, 2.05) is 12.1 Å². The molecule has 0 radical (unpaired) electrons. The number of hydrogen-bond acceptors (Lipinski definition) is 4. The summed E-state index contributed by atoms with van der Waals surface area (Å²) in [4.78, 5) is 2.26. The molecule has 1 N–H and O–H groups in total. The second kappa shape index (κ2) is 8.87. The summed E-state index contributed by atoms with van der Waals surface area (Å²) in [6.45, 7) is 8.50. The number of ether oxygens (including phenoxy) is 1. The number of aryl methyl sites for hydroxylation is 1. The molecule has 1 aromatic heterocycles. The average molecular weight is 317 g/mol. The summed E-state index contributed by atoms with van der Waals surface area (Å²) in [6, 6.07) is 12.5. The van der Waals surface area contributed by atoms with E-state index in [1.54, 1.807) is 6.26 Å². The molecule has 1 aromatic carbocycles. The summed E-state index contributed by atoms with van der Waals surface area (Å²) in [6.07, 6.45) is 1.11. The normalized spacial score (nSPS) is 13.0. The van der Waals surface area contributed by atoms with Gasteiger partial charge in [0, 0.05) is 19.1 Å². The highest BCUT2D eigenvalue weighted by Gasteiger charge is 2.15. The Morgan fingerprint density at radius 3 is 2.70 bits per heavy atom. The van der Waals surface area contributed by atoms with Crippen LogP contribution in [0.5, 0.6) is 0 Å². The van der Waals surface area contributed by atoms with Crippen LogP contribution >= 0.6 is 0 Å². The smallest absolute Gasteiger partial charge is 0.129 e. The molecule has 0 aliphatic heterocycles. The maximum atomic E-state index is 10.2. The molecule has 0 saturated heterocycles. The maximum Gasteiger partial charge on any atom is 0.129 e. The van der Waals surface area contributed by atoms with E-state index in [-0.39, 0.29) is 0 Å². The van der Waals surface area contributed by atoms with Crippen LogP contribution in [0.2, 0.25) is 0 Å². The first-order valence-electron chi connectivity index (χ1n) is 8.12. The van der Waals surface area contributed by atoms with Gasteiger partial charge in [-0.1, -0.05) is 29.8 Å². The maximum absolute atomic E-state index is 10.2. The molecule has 0 saturated carbocycles. The number of rotatable bonds is 9. The third kappa shape index (κ3) is 6.18. The number of aliphatic hydroxyl groups excluding tert-OH is 1. The van der Waals surface area contributed by atoms with Gasteiger partial charge in [0.2, 0.25) is 0 Å². The highest BCUT2D eigenvalue weighted by atomic mass is 16.5. The minimum absolute atomic E-state index is 0.303. The molecule has 126 valence electrons. The van der Waals surface area contributed by atoms with Crippen LogP contribution in [0.4, 0.5) is 0 Å². The Morgan fingerprint density at radius 2 is 2.04 bits per heavy atom. The first-order chi connectivity index (χ1) is 11.0. The SMILES string of the molecule is Cc1cccc(CN(CC(O)COCc2ccco2)C(C)C)c1. The van der Waals surface area contributed by atoms with Crippen molar-refractivity contribution in [3.63, 3.8) is 0 Å². The predicted molar refractivity (Wildman–Crippen MR) is 91.1 cm³/mol. The van der Waals surface area contributed by atoms with Crippen LogP contribution in [0.25, 0.3) is 0 Å². The molecular formula is C19H27NO3. The molecule has 1 heterocycles. The minimum atomic E-state index is -0.517. The van der Waals surface area contributed by atoms with Gasteiger partial charge in [-0.15, -0.1) is 0 Å². The summed E-state index contributed by atoms with van der Waals surface area (Å²) >= 11 is 0. The van der Waals surface area contributed by atoms with Gasteiger partial charge in [-0.25, -0.2) is 0 Å². The van der Waals surface area contributed by atoms with Gasteiger partial charge in [0.15, 0.2) is 0 Å². The molecule has 0 aliphatic carbocycles. The first-order valence-corrected chi connectivity index (χ1v) is 8.12. The van der Waals surface area contributed by atoms with Gasteiger partial charge in [0.05, 0.1) is 19.0 Å². The van der Waals surface area contributed by atoms with Gasteiger partial charge < -0.3 is 14.3 Å². The minimum Gasteiger partial charge on any atom is -0.467 e. The highest BCUT2D eigenvalue weighted by molar-refractivity contribution is 5.22. The van der Waals surface area contributed by atoms with Gasteiger partial charge >= 0.3 is 0 Å². The van der Waals surface area contributed by atoms with Crippen LogP contribution in [0.15, 0.2) is 47.1 Å². The molecule has 2 rings (SSSR count). The fraction of sp³-hybridized carbons (Fsp3) is 0.474. The predicted octanol–water partition coefficient (Wildman–Crippen LogP) is 3.38. The molecule has 23 heavy (non-hydrogen) atoms. The Labute approximate surface area is 138 Å². The molecule has 0 aliphatic rings. The third-order valence-electron chi connectivity index (χ3n) is 3.78. The first kappa shape index (κ1) is 17.7. The van der Waals surface area contributed by atoms with Crippen molar-refractivity contribution >= 4 is 0 Å². The van der Waals surface area contributed by atoms with Crippen molar-refractivity contribution in [3.8, 4) is 0 Å². The molecular weight excluding hydrogens is 290 g/mol. The second-order valence-corrected chi connectivity index (χ2v) is 6.26. The second-order valence-electron chi connectivity index (χ2n) is 6.26. The van der Waals surface area contributed by atoms with E-state index in [1.165, 1.54) is 11.1 Å². The van der Waals surface area contributed by atoms with Gasteiger partial charge in [-0.2, -0.15) is 0 Å². The van der Waals surface area contributed by atoms with Crippen molar-refractivity contribution in [1.29, 1.82) is 0 Å². The average Bonchev–Trinajstić information content (AvgIpc) is 3.00. The van der Waals surface area contributed by atoms with E-state index >= 15 is 0 Å². The lowest BCUT2D eigenvalue weighted by Crippen LogP contribution is -2.38. The van der Waals surface area contributed by atoms with E-state index in [9.17, 15) is 5.11 Å². The summed E-state index contributed by atoms with van der Waals surface area (Å²) in [5, 5.41) is 10.2. The molecule has 0 spiro atoms. The van der Waals surface area contributed by atoms with E-state index in [2.05, 4.69) is 49.9 Å². The van der Waals surface area contributed by atoms with E-state index in [0.29, 0.717) is 25.8 Å². The monoisotopic (exact) mass is 317 g/mol. The summed E-state index contributed by atoms with van der Waals surface area (Å²) in [5.74, 6) is 0.776. The van der Waals surface area contributed by atoms with E-state index < -0.39 is 6.10 Å². The van der Waals surface area contributed by atoms with Crippen molar-refractivity contribution in [2.45, 2.75) is 46.1 Å². The van der Waals surface area contributed by atoms with Crippen molar-refractivity contribution in [2.24, 2.45) is 0 Å². The molecule has 4 nitrogen and oxygen atoms in total. The number of aliphatic hydroxyl groups is 1. The fourth-order valence-electron chi connectivity index (χ4n) is 2.52. The van der Waals surface area contributed by atoms with Crippen molar-refractivity contribution in [3.05, 3.63) is 59.5 Å².